The average Bonchev–Trinajstić information content (AvgIpc) is 2.14. The fourth-order valence-corrected chi connectivity index (χ4v) is 0.927. The molecule has 0 spiro atoms. The zero-order valence-corrected chi connectivity index (χ0v) is 9.75. The molecule has 0 amide bonds. The highest BCUT2D eigenvalue weighted by Gasteiger charge is 1.91. The summed E-state index contributed by atoms with van der Waals surface area (Å²) in [6.45, 7) is 10.2. The molecule has 0 aliphatic heterocycles. The van der Waals surface area contributed by atoms with E-state index in [1.54, 1.807) is 0 Å². The van der Waals surface area contributed by atoms with Gasteiger partial charge in [-0.2, -0.15) is 0 Å². The third-order valence-electron chi connectivity index (χ3n) is 1.63. The second-order valence-corrected chi connectivity index (χ2v) is 3.31. The third kappa shape index (κ3) is 7.62. The van der Waals surface area contributed by atoms with Gasteiger partial charge in [0.05, 0.1) is 6.54 Å². The fraction of sp³-hybridized carbons (Fsp3) is 0.500. The normalized spacial score (nSPS) is 11.1. The summed E-state index contributed by atoms with van der Waals surface area (Å²) in [6, 6.07) is 0. The van der Waals surface area contributed by atoms with Gasteiger partial charge in [-0.15, -0.1) is 0 Å². The predicted molar refractivity (Wildman–Crippen MR) is 63.8 cm³/mol. The molecular formula is C12H22N2. The van der Waals surface area contributed by atoms with Crippen molar-refractivity contribution in [3.8, 4) is 0 Å². The summed E-state index contributed by atoms with van der Waals surface area (Å²) in [5.41, 5.74) is 4.61. The molecule has 0 aliphatic rings. The van der Waals surface area contributed by atoms with E-state index >= 15 is 0 Å². The lowest BCUT2D eigenvalue weighted by molar-refractivity contribution is 0.306. The molecule has 14 heavy (non-hydrogen) atoms. The van der Waals surface area contributed by atoms with Crippen molar-refractivity contribution in [2.45, 2.75) is 27.7 Å². The van der Waals surface area contributed by atoms with Crippen LogP contribution in [0.1, 0.15) is 27.7 Å². The van der Waals surface area contributed by atoms with Crippen molar-refractivity contribution < 1.29 is 0 Å². The second-order valence-electron chi connectivity index (χ2n) is 3.31. The SMILES string of the molecule is C/C=C\C=C\N(CC=C(C)C)NCC. The molecule has 0 rings (SSSR count). The van der Waals surface area contributed by atoms with Gasteiger partial charge in [0.1, 0.15) is 0 Å². The van der Waals surface area contributed by atoms with Crippen molar-refractivity contribution in [2.24, 2.45) is 0 Å². The smallest absolute Gasteiger partial charge is 0.0521 e. The molecular weight excluding hydrogens is 172 g/mol. The van der Waals surface area contributed by atoms with Gasteiger partial charge in [0.2, 0.25) is 0 Å². The first kappa shape index (κ1) is 13.0. The van der Waals surface area contributed by atoms with Crippen LogP contribution in [0.15, 0.2) is 36.1 Å². The molecule has 0 fully saturated rings. The van der Waals surface area contributed by atoms with Gasteiger partial charge in [0, 0.05) is 12.7 Å². The second kappa shape index (κ2) is 8.57. The van der Waals surface area contributed by atoms with E-state index in [1.807, 2.05) is 31.4 Å². The van der Waals surface area contributed by atoms with Gasteiger partial charge in [-0.25, -0.2) is 5.43 Å². The first-order chi connectivity index (χ1) is 6.70. The summed E-state index contributed by atoms with van der Waals surface area (Å²) in [5.74, 6) is 0. The summed E-state index contributed by atoms with van der Waals surface area (Å²) >= 11 is 0. The molecule has 0 radical (unpaired) electrons. The van der Waals surface area contributed by atoms with Crippen LogP contribution < -0.4 is 5.43 Å². The van der Waals surface area contributed by atoms with E-state index in [4.69, 9.17) is 0 Å². The van der Waals surface area contributed by atoms with Gasteiger partial charge in [-0.05, 0) is 26.8 Å². The van der Waals surface area contributed by atoms with Crippen LogP contribution in [0.25, 0.3) is 0 Å². The van der Waals surface area contributed by atoms with Crippen molar-refractivity contribution in [3.63, 3.8) is 0 Å². The van der Waals surface area contributed by atoms with Gasteiger partial charge in [-0.1, -0.05) is 30.7 Å². The molecule has 0 aromatic carbocycles. The van der Waals surface area contributed by atoms with Crippen LogP contribution in [0.2, 0.25) is 0 Å². The zero-order chi connectivity index (χ0) is 10.8. The molecule has 0 atom stereocenters. The van der Waals surface area contributed by atoms with Crippen molar-refractivity contribution in [3.05, 3.63) is 36.1 Å². The summed E-state index contributed by atoms with van der Waals surface area (Å²) in [4.78, 5) is 0. The van der Waals surface area contributed by atoms with E-state index < -0.39 is 0 Å². The zero-order valence-electron chi connectivity index (χ0n) is 9.75. The molecule has 1 N–H and O–H groups in total. The van der Waals surface area contributed by atoms with Crippen LogP contribution in [0.4, 0.5) is 0 Å². The van der Waals surface area contributed by atoms with Crippen LogP contribution in [-0.2, 0) is 0 Å². The summed E-state index contributed by atoms with van der Waals surface area (Å²) in [7, 11) is 0. The van der Waals surface area contributed by atoms with Gasteiger partial charge < -0.3 is 5.01 Å². The van der Waals surface area contributed by atoms with Crippen LogP contribution in [-0.4, -0.2) is 18.1 Å². The number of rotatable bonds is 6. The maximum atomic E-state index is 3.26. The van der Waals surface area contributed by atoms with E-state index in [9.17, 15) is 0 Å². The van der Waals surface area contributed by atoms with Crippen molar-refractivity contribution in [2.75, 3.05) is 13.1 Å². The van der Waals surface area contributed by atoms with Gasteiger partial charge >= 0.3 is 0 Å². The van der Waals surface area contributed by atoms with E-state index in [-0.39, 0.29) is 0 Å². The lowest BCUT2D eigenvalue weighted by atomic mass is 10.3. The predicted octanol–water partition coefficient (Wildman–Crippen LogP) is 2.87. The Kier molecular flexibility index (Phi) is 7.95. The minimum Gasteiger partial charge on any atom is -0.312 e. The van der Waals surface area contributed by atoms with E-state index in [1.165, 1.54) is 5.57 Å². The molecule has 0 bridgehead atoms. The van der Waals surface area contributed by atoms with E-state index in [2.05, 4.69) is 37.3 Å². The monoisotopic (exact) mass is 194 g/mol. The molecule has 80 valence electrons. The standard InChI is InChI=1S/C12H22N2/c1-5-7-8-10-14(13-6-2)11-9-12(3)4/h5,7-10,13H,6,11H2,1-4H3/b7-5-,10-8+. The molecule has 0 aromatic rings. The molecule has 0 saturated carbocycles. The van der Waals surface area contributed by atoms with Crippen LogP contribution in [0, 0.1) is 0 Å². The van der Waals surface area contributed by atoms with Crippen LogP contribution >= 0.6 is 0 Å². The Morgan fingerprint density at radius 3 is 2.50 bits per heavy atom. The number of hydrogen-bond acceptors (Lipinski definition) is 2. The van der Waals surface area contributed by atoms with Gasteiger partial charge in [0.15, 0.2) is 0 Å². The molecule has 0 unspecified atom stereocenters. The van der Waals surface area contributed by atoms with E-state index in [0.717, 1.165) is 13.1 Å². The summed E-state index contributed by atoms with van der Waals surface area (Å²) in [5, 5.41) is 2.08. The minimum absolute atomic E-state index is 0.907. The Morgan fingerprint density at radius 2 is 2.00 bits per heavy atom. The Labute approximate surface area is 88.0 Å². The van der Waals surface area contributed by atoms with Crippen molar-refractivity contribution in [1.29, 1.82) is 0 Å². The Hall–Kier alpha value is -1.02. The Bertz CT molecular complexity index is 210. The topological polar surface area (TPSA) is 15.3 Å². The van der Waals surface area contributed by atoms with Crippen LogP contribution in [0.5, 0.6) is 0 Å². The number of hydrogen-bond donors (Lipinski definition) is 1. The van der Waals surface area contributed by atoms with Crippen molar-refractivity contribution >= 4 is 0 Å². The highest BCUT2D eigenvalue weighted by molar-refractivity contribution is 5.02. The Balaban J connectivity index is 4.07. The number of hydrazine groups is 1. The minimum atomic E-state index is 0.907. The molecule has 0 saturated heterocycles. The highest BCUT2D eigenvalue weighted by Crippen LogP contribution is 1.92. The summed E-state index contributed by atoms with van der Waals surface area (Å²) < 4.78 is 0. The van der Waals surface area contributed by atoms with Gasteiger partial charge in [0.25, 0.3) is 0 Å². The quantitative estimate of drug-likeness (QED) is 0.397. The number of allylic oxidation sites excluding steroid dienone is 4. The maximum Gasteiger partial charge on any atom is 0.0521 e. The third-order valence-corrected chi connectivity index (χ3v) is 1.63. The summed E-state index contributed by atoms with van der Waals surface area (Å²) in [6.07, 6.45) is 10.3. The lowest BCUT2D eigenvalue weighted by Crippen LogP contribution is -2.33. The maximum absolute atomic E-state index is 3.26. The first-order valence-corrected chi connectivity index (χ1v) is 5.13. The van der Waals surface area contributed by atoms with Crippen LogP contribution in [0.3, 0.4) is 0 Å². The molecule has 0 heterocycles. The lowest BCUT2D eigenvalue weighted by Gasteiger charge is -2.18. The Morgan fingerprint density at radius 1 is 1.29 bits per heavy atom. The molecule has 0 aliphatic carbocycles. The largest absolute Gasteiger partial charge is 0.312 e. The highest BCUT2D eigenvalue weighted by atomic mass is 15.5. The fourth-order valence-electron chi connectivity index (χ4n) is 0.927. The number of nitrogens with one attached hydrogen (secondary N) is 1. The van der Waals surface area contributed by atoms with Gasteiger partial charge in [-0.3, -0.25) is 0 Å². The molecule has 2 heteroatoms. The van der Waals surface area contributed by atoms with Crippen molar-refractivity contribution in [1.82, 2.24) is 10.4 Å². The average molecular weight is 194 g/mol. The number of nitrogens with zero attached hydrogens (tertiary/aromatic N) is 1. The molecule has 0 aromatic heterocycles. The molecule has 2 nitrogen and oxygen atoms in total. The first-order valence-electron chi connectivity index (χ1n) is 5.13. The van der Waals surface area contributed by atoms with E-state index in [0.29, 0.717) is 0 Å².